The first-order valence-corrected chi connectivity index (χ1v) is 6.08. The summed E-state index contributed by atoms with van der Waals surface area (Å²) in [4.78, 5) is 11.7. The zero-order valence-corrected chi connectivity index (χ0v) is 10.6. The molecule has 20 heavy (non-hydrogen) atoms. The first-order chi connectivity index (χ1) is 9.66. The van der Waals surface area contributed by atoms with Crippen LogP contribution in [0.1, 0.15) is 10.4 Å². The quantitative estimate of drug-likeness (QED) is 0.853. The van der Waals surface area contributed by atoms with Crippen LogP contribution in [0.15, 0.2) is 48.5 Å². The van der Waals surface area contributed by atoms with E-state index in [1.165, 1.54) is 30.3 Å². The van der Waals surface area contributed by atoms with Crippen LogP contribution in [0.5, 0.6) is 5.75 Å². The van der Waals surface area contributed by atoms with Crippen molar-refractivity contribution >= 4 is 5.91 Å². The van der Waals surface area contributed by atoms with Crippen molar-refractivity contribution in [3.05, 3.63) is 65.7 Å². The van der Waals surface area contributed by atoms with E-state index >= 15 is 0 Å². The molecule has 0 unspecified atom stereocenters. The zero-order chi connectivity index (χ0) is 14.4. The Balaban J connectivity index is 1.79. The monoisotopic (exact) mass is 277 g/mol. The molecular weight excluding hydrogens is 264 g/mol. The van der Waals surface area contributed by atoms with E-state index in [0.29, 0.717) is 0 Å². The summed E-state index contributed by atoms with van der Waals surface area (Å²) in [5, 5.41) is 2.56. The highest BCUT2D eigenvalue weighted by molar-refractivity contribution is 5.94. The number of nitrogens with one attached hydrogen (secondary N) is 1. The third-order valence-electron chi connectivity index (χ3n) is 2.57. The van der Waals surface area contributed by atoms with Crippen molar-refractivity contribution < 1.29 is 18.3 Å². The van der Waals surface area contributed by atoms with Crippen molar-refractivity contribution in [2.75, 3.05) is 13.2 Å². The largest absolute Gasteiger partial charge is 0.489 e. The van der Waals surface area contributed by atoms with Gasteiger partial charge in [0.1, 0.15) is 12.4 Å². The number of hydrogen-bond donors (Lipinski definition) is 1. The third kappa shape index (κ3) is 3.78. The molecule has 0 fully saturated rings. The number of rotatable bonds is 5. The van der Waals surface area contributed by atoms with Crippen molar-refractivity contribution in [1.82, 2.24) is 5.32 Å². The van der Waals surface area contributed by atoms with Gasteiger partial charge in [0.25, 0.3) is 5.91 Å². The van der Waals surface area contributed by atoms with Crippen molar-refractivity contribution in [1.29, 1.82) is 0 Å². The normalized spacial score (nSPS) is 10.1. The molecule has 1 N–H and O–H groups in total. The molecule has 2 rings (SSSR count). The second-order valence-electron chi connectivity index (χ2n) is 4.05. The molecule has 0 atom stereocenters. The Bertz CT molecular complexity index is 602. The molecule has 3 nitrogen and oxygen atoms in total. The molecule has 0 spiro atoms. The van der Waals surface area contributed by atoms with Crippen molar-refractivity contribution in [2.45, 2.75) is 0 Å². The molecule has 0 radical (unpaired) electrons. The number of carbonyl (C=O) groups excluding carboxylic acids is 1. The molecule has 2 aromatic rings. The average Bonchev–Trinajstić information content (AvgIpc) is 2.45. The summed E-state index contributed by atoms with van der Waals surface area (Å²) < 4.78 is 31.3. The number of benzene rings is 2. The number of halogens is 2. The molecule has 0 aliphatic carbocycles. The Morgan fingerprint density at radius 1 is 1.10 bits per heavy atom. The average molecular weight is 277 g/mol. The highest BCUT2D eigenvalue weighted by Crippen LogP contribution is 2.14. The van der Waals surface area contributed by atoms with E-state index < -0.39 is 17.5 Å². The fourth-order valence-electron chi connectivity index (χ4n) is 1.62. The van der Waals surface area contributed by atoms with Gasteiger partial charge in [-0.3, -0.25) is 4.79 Å². The first kappa shape index (κ1) is 14.0. The lowest BCUT2D eigenvalue weighted by molar-refractivity contribution is 0.0946. The number of carbonyl (C=O) groups is 1. The maximum Gasteiger partial charge on any atom is 0.251 e. The lowest BCUT2D eigenvalue weighted by Gasteiger charge is -2.08. The van der Waals surface area contributed by atoms with Gasteiger partial charge in [0.05, 0.1) is 6.54 Å². The number of hydrogen-bond acceptors (Lipinski definition) is 2. The summed E-state index contributed by atoms with van der Waals surface area (Å²) in [5.74, 6) is -1.20. The standard InChI is InChI=1S/C15H13F2NO2/c16-12-5-3-4-11(10-12)15(19)18-8-9-20-14-7-2-1-6-13(14)17/h1-7,10H,8-9H2,(H,18,19). The Labute approximate surface area is 115 Å². The van der Waals surface area contributed by atoms with E-state index in [9.17, 15) is 13.6 Å². The zero-order valence-electron chi connectivity index (χ0n) is 10.6. The van der Waals surface area contributed by atoms with Gasteiger partial charge in [-0.15, -0.1) is 0 Å². The predicted molar refractivity (Wildman–Crippen MR) is 70.6 cm³/mol. The van der Waals surface area contributed by atoms with E-state index in [2.05, 4.69) is 5.32 Å². The van der Waals surface area contributed by atoms with E-state index in [-0.39, 0.29) is 24.5 Å². The smallest absolute Gasteiger partial charge is 0.251 e. The van der Waals surface area contributed by atoms with Gasteiger partial charge in [-0.25, -0.2) is 8.78 Å². The maximum atomic E-state index is 13.2. The van der Waals surface area contributed by atoms with Crippen LogP contribution in [-0.4, -0.2) is 19.1 Å². The summed E-state index contributed by atoms with van der Waals surface area (Å²) in [5.41, 5.74) is 0.232. The van der Waals surface area contributed by atoms with Crippen molar-refractivity contribution in [3.8, 4) is 5.75 Å². The second kappa shape index (κ2) is 6.65. The Hall–Kier alpha value is -2.43. The number of amides is 1. The van der Waals surface area contributed by atoms with Gasteiger partial charge >= 0.3 is 0 Å². The highest BCUT2D eigenvalue weighted by Gasteiger charge is 2.06. The summed E-state index contributed by atoms with van der Waals surface area (Å²) in [6.45, 7) is 0.325. The third-order valence-corrected chi connectivity index (χ3v) is 2.57. The topological polar surface area (TPSA) is 38.3 Å². The molecule has 0 heterocycles. The fraction of sp³-hybridized carbons (Fsp3) is 0.133. The van der Waals surface area contributed by atoms with Crippen LogP contribution in [0, 0.1) is 11.6 Å². The van der Waals surface area contributed by atoms with Gasteiger partial charge in [-0.2, -0.15) is 0 Å². The molecule has 104 valence electrons. The first-order valence-electron chi connectivity index (χ1n) is 6.08. The lowest BCUT2D eigenvalue weighted by atomic mass is 10.2. The van der Waals surface area contributed by atoms with E-state index in [4.69, 9.17) is 4.74 Å². The predicted octanol–water partition coefficient (Wildman–Crippen LogP) is 2.77. The molecule has 2 aromatic carbocycles. The van der Waals surface area contributed by atoms with Crippen LogP contribution >= 0.6 is 0 Å². The van der Waals surface area contributed by atoms with Crippen LogP contribution in [0.2, 0.25) is 0 Å². The van der Waals surface area contributed by atoms with Gasteiger partial charge in [-0.1, -0.05) is 18.2 Å². The number of para-hydroxylation sites is 1. The highest BCUT2D eigenvalue weighted by atomic mass is 19.1. The molecule has 5 heteroatoms. The van der Waals surface area contributed by atoms with Crippen molar-refractivity contribution in [3.63, 3.8) is 0 Å². The fourth-order valence-corrected chi connectivity index (χ4v) is 1.62. The van der Waals surface area contributed by atoms with E-state index in [0.717, 1.165) is 6.07 Å². The van der Waals surface area contributed by atoms with Gasteiger partial charge in [-0.05, 0) is 30.3 Å². The Morgan fingerprint density at radius 2 is 1.90 bits per heavy atom. The molecule has 0 aromatic heterocycles. The van der Waals surface area contributed by atoms with Gasteiger partial charge in [0, 0.05) is 5.56 Å². The Kier molecular flexibility index (Phi) is 4.65. The van der Waals surface area contributed by atoms with Crippen LogP contribution in [0.4, 0.5) is 8.78 Å². The summed E-state index contributed by atoms with van der Waals surface area (Å²) in [7, 11) is 0. The van der Waals surface area contributed by atoms with E-state index in [1.54, 1.807) is 12.1 Å². The summed E-state index contributed by atoms with van der Waals surface area (Å²) in [6, 6.07) is 11.4. The van der Waals surface area contributed by atoms with Gasteiger partial charge in [0.15, 0.2) is 11.6 Å². The van der Waals surface area contributed by atoms with Crippen LogP contribution < -0.4 is 10.1 Å². The van der Waals surface area contributed by atoms with Gasteiger partial charge in [0.2, 0.25) is 0 Å². The minimum atomic E-state index is -0.472. The Morgan fingerprint density at radius 3 is 2.65 bits per heavy atom. The SMILES string of the molecule is O=C(NCCOc1ccccc1F)c1cccc(F)c1. The van der Waals surface area contributed by atoms with Gasteiger partial charge < -0.3 is 10.1 Å². The summed E-state index contributed by atoms with van der Waals surface area (Å²) >= 11 is 0. The molecule has 0 saturated heterocycles. The second-order valence-corrected chi connectivity index (χ2v) is 4.05. The molecule has 0 bridgehead atoms. The number of ether oxygens (including phenoxy) is 1. The van der Waals surface area contributed by atoms with Crippen LogP contribution in [0.3, 0.4) is 0 Å². The molecule has 0 aliphatic heterocycles. The van der Waals surface area contributed by atoms with Crippen LogP contribution in [0.25, 0.3) is 0 Å². The minimum Gasteiger partial charge on any atom is -0.489 e. The molecule has 0 aliphatic rings. The van der Waals surface area contributed by atoms with E-state index in [1.807, 2.05) is 0 Å². The minimum absolute atomic E-state index is 0.127. The van der Waals surface area contributed by atoms with Crippen molar-refractivity contribution in [2.24, 2.45) is 0 Å². The van der Waals surface area contributed by atoms with Crippen LogP contribution in [-0.2, 0) is 0 Å². The summed E-state index contributed by atoms with van der Waals surface area (Å²) in [6.07, 6.45) is 0. The molecule has 0 saturated carbocycles. The maximum absolute atomic E-state index is 13.2. The molecule has 1 amide bonds. The molecular formula is C15H13F2NO2. The lowest BCUT2D eigenvalue weighted by Crippen LogP contribution is -2.28.